The molecular formula is C43H73N. The molecule has 0 heterocycles. The zero-order valence-corrected chi connectivity index (χ0v) is 29.9. The highest BCUT2D eigenvalue weighted by Gasteiger charge is 2.21. The highest BCUT2D eigenvalue weighted by molar-refractivity contribution is 5.31. The summed E-state index contributed by atoms with van der Waals surface area (Å²) in [5.41, 5.74) is 2.89. The van der Waals surface area contributed by atoms with E-state index in [1.54, 1.807) is 0 Å². The van der Waals surface area contributed by atoms with Gasteiger partial charge in [0.05, 0.1) is 6.04 Å². The first kappa shape index (κ1) is 38.6. The van der Waals surface area contributed by atoms with Crippen LogP contribution < -0.4 is 0 Å². The molecule has 0 bridgehead atoms. The SMILES string of the molecule is CC(C)CCCCCCCCCCCCN(CCCCCCCCCCCCC(C)C)C(c1ccccc1)c1ccccc1. The number of rotatable bonds is 29. The average Bonchev–Trinajstić information content (AvgIpc) is 3.02. The molecule has 0 spiro atoms. The van der Waals surface area contributed by atoms with Crippen LogP contribution in [0.3, 0.4) is 0 Å². The van der Waals surface area contributed by atoms with Crippen molar-refractivity contribution in [3.05, 3.63) is 71.8 Å². The minimum Gasteiger partial charge on any atom is -0.292 e. The van der Waals surface area contributed by atoms with Gasteiger partial charge in [0.25, 0.3) is 0 Å². The van der Waals surface area contributed by atoms with Crippen LogP contribution in [-0.4, -0.2) is 18.0 Å². The Bertz CT molecular complexity index is 786. The molecule has 0 unspecified atom stereocenters. The zero-order chi connectivity index (χ0) is 31.5. The van der Waals surface area contributed by atoms with Gasteiger partial charge in [0.1, 0.15) is 0 Å². The molecule has 2 aromatic carbocycles. The van der Waals surface area contributed by atoms with Gasteiger partial charge in [-0.15, -0.1) is 0 Å². The van der Waals surface area contributed by atoms with Gasteiger partial charge in [-0.25, -0.2) is 0 Å². The van der Waals surface area contributed by atoms with Crippen molar-refractivity contribution in [3.8, 4) is 0 Å². The maximum absolute atomic E-state index is 2.82. The van der Waals surface area contributed by atoms with E-state index in [1.807, 2.05) is 0 Å². The second-order valence-corrected chi connectivity index (χ2v) is 14.7. The van der Waals surface area contributed by atoms with Crippen LogP contribution in [0.15, 0.2) is 60.7 Å². The lowest BCUT2D eigenvalue weighted by molar-refractivity contribution is 0.214. The van der Waals surface area contributed by atoms with E-state index in [9.17, 15) is 0 Å². The molecule has 0 aliphatic heterocycles. The third-order valence-electron chi connectivity index (χ3n) is 9.55. The predicted molar refractivity (Wildman–Crippen MR) is 198 cm³/mol. The van der Waals surface area contributed by atoms with Crippen molar-refractivity contribution < 1.29 is 0 Å². The Morgan fingerprint density at radius 1 is 0.364 bits per heavy atom. The van der Waals surface area contributed by atoms with Crippen LogP contribution >= 0.6 is 0 Å². The number of benzene rings is 2. The van der Waals surface area contributed by atoms with Crippen LogP contribution in [0.1, 0.15) is 186 Å². The second kappa shape index (κ2) is 26.6. The van der Waals surface area contributed by atoms with Crippen LogP contribution in [0.4, 0.5) is 0 Å². The molecule has 0 aromatic heterocycles. The molecule has 0 fully saturated rings. The molecule has 2 aromatic rings. The first-order valence-corrected chi connectivity index (χ1v) is 19.4. The van der Waals surface area contributed by atoms with Gasteiger partial charge in [0, 0.05) is 0 Å². The Labute approximate surface area is 276 Å². The largest absolute Gasteiger partial charge is 0.292 e. The molecule has 0 atom stereocenters. The quantitative estimate of drug-likeness (QED) is 0.0836. The Morgan fingerprint density at radius 3 is 0.932 bits per heavy atom. The fourth-order valence-corrected chi connectivity index (χ4v) is 6.82. The molecule has 0 radical (unpaired) electrons. The van der Waals surface area contributed by atoms with Crippen molar-refractivity contribution in [2.24, 2.45) is 11.8 Å². The highest BCUT2D eigenvalue weighted by Crippen LogP contribution is 2.30. The fourth-order valence-electron chi connectivity index (χ4n) is 6.82. The molecule has 0 amide bonds. The van der Waals surface area contributed by atoms with Gasteiger partial charge in [-0.3, -0.25) is 4.90 Å². The van der Waals surface area contributed by atoms with Crippen LogP contribution in [0, 0.1) is 11.8 Å². The lowest BCUT2D eigenvalue weighted by atomic mass is 9.96. The van der Waals surface area contributed by atoms with E-state index >= 15 is 0 Å². The molecule has 0 N–H and O–H groups in total. The van der Waals surface area contributed by atoms with Gasteiger partial charge < -0.3 is 0 Å². The standard InChI is InChI=1S/C43H73N/c1-39(2)31-23-17-13-9-5-7-11-15-19-29-37-44(38-30-20-16-12-8-6-10-14-18-24-32-40(3)4)43(41-33-25-21-26-34-41)42-35-27-22-28-36-42/h21-22,25-28,33-36,39-40,43H,5-20,23-24,29-32,37-38H2,1-4H3. The average molecular weight is 604 g/mol. The van der Waals surface area contributed by atoms with Crippen molar-refractivity contribution >= 4 is 0 Å². The molecule has 250 valence electrons. The Balaban J connectivity index is 1.73. The van der Waals surface area contributed by atoms with Crippen molar-refractivity contribution in [2.45, 2.75) is 175 Å². The van der Waals surface area contributed by atoms with E-state index in [2.05, 4.69) is 93.3 Å². The molecule has 0 aliphatic carbocycles. The first-order valence-electron chi connectivity index (χ1n) is 19.4. The Morgan fingerprint density at radius 2 is 0.636 bits per heavy atom. The summed E-state index contributed by atoms with van der Waals surface area (Å²) in [6, 6.07) is 22.9. The second-order valence-electron chi connectivity index (χ2n) is 14.7. The van der Waals surface area contributed by atoms with Crippen molar-refractivity contribution in [3.63, 3.8) is 0 Å². The van der Waals surface area contributed by atoms with Gasteiger partial charge in [-0.1, -0.05) is 217 Å². The third kappa shape index (κ3) is 19.7. The summed E-state index contributed by atoms with van der Waals surface area (Å²) < 4.78 is 0. The topological polar surface area (TPSA) is 3.24 Å². The van der Waals surface area contributed by atoms with Crippen LogP contribution in [0.2, 0.25) is 0 Å². The lowest BCUT2D eigenvalue weighted by Crippen LogP contribution is -2.31. The molecule has 44 heavy (non-hydrogen) atoms. The Kier molecular flexibility index (Phi) is 23.3. The first-order chi connectivity index (χ1) is 21.6. The number of hydrogen-bond acceptors (Lipinski definition) is 1. The monoisotopic (exact) mass is 604 g/mol. The van der Waals surface area contributed by atoms with E-state index in [0.717, 1.165) is 11.8 Å². The minimum atomic E-state index is 0.365. The lowest BCUT2D eigenvalue weighted by Gasteiger charge is -2.33. The van der Waals surface area contributed by atoms with E-state index < -0.39 is 0 Å². The van der Waals surface area contributed by atoms with Crippen LogP contribution in [-0.2, 0) is 0 Å². The van der Waals surface area contributed by atoms with Gasteiger partial charge in [-0.05, 0) is 48.9 Å². The van der Waals surface area contributed by atoms with Crippen molar-refractivity contribution in [2.75, 3.05) is 13.1 Å². The van der Waals surface area contributed by atoms with Crippen molar-refractivity contribution in [1.82, 2.24) is 4.90 Å². The number of unbranched alkanes of at least 4 members (excludes halogenated alkanes) is 18. The van der Waals surface area contributed by atoms with E-state index in [1.165, 1.54) is 165 Å². The highest BCUT2D eigenvalue weighted by atomic mass is 15.2. The maximum atomic E-state index is 2.82. The third-order valence-corrected chi connectivity index (χ3v) is 9.55. The fraction of sp³-hybridized carbons (Fsp3) is 0.721. The van der Waals surface area contributed by atoms with Gasteiger partial charge in [0.15, 0.2) is 0 Å². The molecular weight excluding hydrogens is 530 g/mol. The van der Waals surface area contributed by atoms with E-state index in [0.29, 0.717) is 6.04 Å². The summed E-state index contributed by atoms with van der Waals surface area (Å²) in [7, 11) is 0. The van der Waals surface area contributed by atoms with Crippen LogP contribution in [0.25, 0.3) is 0 Å². The molecule has 0 saturated heterocycles. The minimum absolute atomic E-state index is 0.365. The summed E-state index contributed by atoms with van der Waals surface area (Å²) >= 11 is 0. The van der Waals surface area contributed by atoms with Gasteiger partial charge in [0.2, 0.25) is 0 Å². The summed E-state index contributed by atoms with van der Waals surface area (Å²) in [6.45, 7) is 11.8. The maximum Gasteiger partial charge on any atom is 0.0601 e. The van der Waals surface area contributed by atoms with E-state index in [-0.39, 0.29) is 0 Å². The molecule has 2 rings (SSSR count). The Hall–Kier alpha value is -1.60. The zero-order valence-electron chi connectivity index (χ0n) is 29.9. The predicted octanol–water partition coefficient (Wildman–Crippen LogP) is 14.0. The molecule has 1 heteroatoms. The smallest absolute Gasteiger partial charge is 0.0601 e. The molecule has 1 nitrogen and oxygen atoms in total. The molecule has 0 aliphatic rings. The van der Waals surface area contributed by atoms with Crippen LogP contribution in [0.5, 0.6) is 0 Å². The normalized spacial score (nSPS) is 11.9. The van der Waals surface area contributed by atoms with Crippen molar-refractivity contribution in [1.29, 1.82) is 0 Å². The number of nitrogens with zero attached hydrogens (tertiary/aromatic N) is 1. The summed E-state index contributed by atoms with van der Waals surface area (Å²) in [4.78, 5) is 2.82. The molecule has 0 saturated carbocycles. The van der Waals surface area contributed by atoms with Gasteiger partial charge >= 0.3 is 0 Å². The van der Waals surface area contributed by atoms with E-state index in [4.69, 9.17) is 0 Å². The summed E-state index contributed by atoms with van der Waals surface area (Å²) in [6.07, 6.45) is 31.1. The van der Waals surface area contributed by atoms with Gasteiger partial charge in [-0.2, -0.15) is 0 Å². The summed E-state index contributed by atoms with van der Waals surface area (Å²) in [5.74, 6) is 1.74. The summed E-state index contributed by atoms with van der Waals surface area (Å²) in [5, 5.41) is 0. The number of hydrogen-bond donors (Lipinski definition) is 0.